The van der Waals surface area contributed by atoms with Crippen LogP contribution in [0.1, 0.15) is 32.0 Å². The monoisotopic (exact) mass is 318 g/mol. The highest BCUT2D eigenvalue weighted by Gasteiger charge is 2.20. The van der Waals surface area contributed by atoms with E-state index < -0.39 is 10.0 Å². The van der Waals surface area contributed by atoms with Crippen LogP contribution in [0.5, 0.6) is 0 Å². The van der Waals surface area contributed by atoms with Crippen molar-refractivity contribution in [3.05, 3.63) is 59.9 Å². The molecule has 0 saturated carbocycles. The number of nitrogens with zero attached hydrogens (tertiary/aromatic N) is 1. The summed E-state index contributed by atoms with van der Waals surface area (Å²) in [5.74, 6) is 0.0164. The van der Waals surface area contributed by atoms with Gasteiger partial charge in [0, 0.05) is 18.3 Å². The Morgan fingerprint density at radius 2 is 1.73 bits per heavy atom. The first-order valence-electron chi connectivity index (χ1n) is 7.28. The quantitative estimate of drug-likeness (QED) is 0.919. The molecule has 0 fully saturated rings. The zero-order chi connectivity index (χ0) is 16.2. The number of sulfonamides is 1. The SMILES string of the molecule is CC(C)(C)c1ccccc1NS(=O)(=O)CCc1ccccn1. The summed E-state index contributed by atoms with van der Waals surface area (Å²) in [6, 6.07) is 13.0. The predicted octanol–water partition coefficient (Wildman–Crippen LogP) is 3.36. The second-order valence-electron chi connectivity index (χ2n) is 6.29. The molecule has 0 amide bonds. The number of rotatable bonds is 5. The van der Waals surface area contributed by atoms with E-state index in [1.807, 2.05) is 36.4 Å². The highest BCUT2D eigenvalue weighted by Crippen LogP contribution is 2.29. The molecule has 4 nitrogen and oxygen atoms in total. The molecule has 1 aromatic carbocycles. The molecule has 2 aromatic rings. The molecular weight excluding hydrogens is 296 g/mol. The van der Waals surface area contributed by atoms with Gasteiger partial charge < -0.3 is 0 Å². The van der Waals surface area contributed by atoms with Gasteiger partial charge in [0.1, 0.15) is 0 Å². The van der Waals surface area contributed by atoms with E-state index in [1.54, 1.807) is 12.3 Å². The van der Waals surface area contributed by atoms with Crippen molar-refractivity contribution in [1.82, 2.24) is 4.98 Å². The maximum Gasteiger partial charge on any atom is 0.233 e. The molecule has 5 heteroatoms. The maximum absolute atomic E-state index is 12.3. The molecule has 2 rings (SSSR count). The summed E-state index contributed by atoms with van der Waals surface area (Å²) in [5.41, 5.74) is 2.28. The fourth-order valence-electron chi connectivity index (χ4n) is 2.23. The van der Waals surface area contributed by atoms with Crippen molar-refractivity contribution >= 4 is 15.7 Å². The Labute approximate surface area is 132 Å². The van der Waals surface area contributed by atoms with Gasteiger partial charge in [0.05, 0.1) is 11.4 Å². The topological polar surface area (TPSA) is 59.1 Å². The summed E-state index contributed by atoms with van der Waals surface area (Å²) >= 11 is 0. The normalized spacial score (nSPS) is 12.1. The third kappa shape index (κ3) is 4.56. The number of anilines is 1. The van der Waals surface area contributed by atoms with E-state index in [-0.39, 0.29) is 11.2 Å². The minimum atomic E-state index is -3.41. The van der Waals surface area contributed by atoms with Crippen molar-refractivity contribution in [2.45, 2.75) is 32.6 Å². The van der Waals surface area contributed by atoms with Crippen molar-refractivity contribution in [2.75, 3.05) is 10.5 Å². The van der Waals surface area contributed by atoms with Crippen molar-refractivity contribution < 1.29 is 8.42 Å². The number of hydrogen-bond donors (Lipinski definition) is 1. The molecule has 1 aromatic heterocycles. The fraction of sp³-hybridized carbons (Fsp3) is 0.353. The van der Waals surface area contributed by atoms with E-state index in [4.69, 9.17) is 0 Å². The minimum Gasteiger partial charge on any atom is -0.283 e. The largest absolute Gasteiger partial charge is 0.283 e. The van der Waals surface area contributed by atoms with Gasteiger partial charge in [-0.25, -0.2) is 8.42 Å². The van der Waals surface area contributed by atoms with Gasteiger partial charge in [-0.2, -0.15) is 0 Å². The zero-order valence-corrected chi connectivity index (χ0v) is 14.0. The highest BCUT2D eigenvalue weighted by molar-refractivity contribution is 7.92. The Morgan fingerprint density at radius 3 is 2.36 bits per heavy atom. The van der Waals surface area contributed by atoms with E-state index >= 15 is 0 Å². The fourth-order valence-corrected chi connectivity index (χ4v) is 3.32. The lowest BCUT2D eigenvalue weighted by Gasteiger charge is -2.23. The average Bonchev–Trinajstić information content (AvgIpc) is 2.45. The molecule has 22 heavy (non-hydrogen) atoms. The van der Waals surface area contributed by atoms with Crippen molar-refractivity contribution in [3.8, 4) is 0 Å². The van der Waals surface area contributed by atoms with Gasteiger partial charge in [-0.15, -0.1) is 0 Å². The molecule has 0 bridgehead atoms. The van der Waals surface area contributed by atoms with Crippen molar-refractivity contribution in [1.29, 1.82) is 0 Å². The van der Waals surface area contributed by atoms with Gasteiger partial charge in [-0.05, 0) is 29.2 Å². The molecule has 118 valence electrons. The van der Waals surface area contributed by atoms with E-state index in [1.165, 1.54) is 0 Å². The van der Waals surface area contributed by atoms with E-state index in [0.717, 1.165) is 11.3 Å². The molecule has 0 aliphatic carbocycles. The summed E-state index contributed by atoms with van der Waals surface area (Å²) in [6.07, 6.45) is 2.07. The Bertz CT molecular complexity index is 720. The first-order valence-corrected chi connectivity index (χ1v) is 8.93. The van der Waals surface area contributed by atoms with Crippen LogP contribution >= 0.6 is 0 Å². The number of pyridine rings is 1. The van der Waals surface area contributed by atoms with Gasteiger partial charge in [0.2, 0.25) is 10.0 Å². The van der Waals surface area contributed by atoms with E-state index in [0.29, 0.717) is 12.1 Å². The lowest BCUT2D eigenvalue weighted by Crippen LogP contribution is -2.22. The summed E-state index contributed by atoms with van der Waals surface area (Å²) < 4.78 is 27.3. The van der Waals surface area contributed by atoms with Crippen LogP contribution in [0.2, 0.25) is 0 Å². The smallest absolute Gasteiger partial charge is 0.233 e. The van der Waals surface area contributed by atoms with Crippen LogP contribution in [0.25, 0.3) is 0 Å². The summed E-state index contributed by atoms with van der Waals surface area (Å²) in [7, 11) is -3.41. The van der Waals surface area contributed by atoms with Gasteiger partial charge in [-0.1, -0.05) is 45.0 Å². The summed E-state index contributed by atoms with van der Waals surface area (Å²) in [6.45, 7) is 6.19. The van der Waals surface area contributed by atoms with E-state index in [9.17, 15) is 8.42 Å². The third-order valence-corrected chi connectivity index (χ3v) is 4.63. The van der Waals surface area contributed by atoms with Crippen LogP contribution in [-0.4, -0.2) is 19.2 Å². The highest BCUT2D eigenvalue weighted by atomic mass is 32.2. The first-order chi connectivity index (χ1) is 10.3. The third-order valence-electron chi connectivity index (χ3n) is 3.35. The van der Waals surface area contributed by atoms with Crippen molar-refractivity contribution in [3.63, 3.8) is 0 Å². The Morgan fingerprint density at radius 1 is 1.05 bits per heavy atom. The molecule has 0 saturated heterocycles. The lowest BCUT2D eigenvalue weighted by molar-refractivity contribution is 0.590. The standard InChI is InChI=1S/C17H22N2O2S/c1-17(2,3)15-9-4-5-10-16(15)19-22(20,21)13-11-14-8-6-7-12-18-14/h4-10,12,19H,11,13H2,1-3H3. The molecule has 0 atom stereocenters. The molecule has 1 N–H and O–H groups in total. The number of para-hydroxylation sites is 1. The molecule has 0 aliphatic heterocycles. The number of aryl methyl sites for hydroxylation is 1. The van der Waals surface area contributed by atoms with Crippen LogP contribution in [0, 0.1) is 0 Å². The molecule has 1 heterocycles. The number of aromatic nitrogens is 1. The minimum absolute atomic E-state index is 0.0164. The molecule has 0 aliphatic rings. The van der Waals surface area contributed by atoms with Crippen LogP contribution in [-0.2, 0) is 21.9 Å². The van der Waals surface area contributed by atoms with Crippen LogP contribution in [0.15, 0.2) is 48.7 Å². The van der Waals surface area contributed by atoms with Gasteiger partial charge in [0.15, 0.2) is 0 Å². The van der Waals surface area contributed by atoms with Crippen molar-refractivity contribution in [2.24, 2.45) is 0 Å². The van der Waals surface area contributed by atoms with Gasteiger partial charge in [-0.3, -0.25) is 9.71 Å². The predicted molar refractivity (Wildman–Crippen MR) is 90.5 cm³/mol. The number of hydrogen-bond acceptors (Lipinski definition) is 3. The number of benzene rings is 1. The zero-order valence-electron chi connectivity index (χ0n) is 13.2. The van der Waals surface area contributed by atoms with Crippen LogP contribution < -0.4 is 4.72 Å². The Kier molecular flexibility index (Phi) is 4.86. The number of nitrogens with one attached hydrogen (secondary N) is 1. The van der Waals surface area contributed by atoms with Gasteiger partial charge in [0.25, 0.3) is 0 Å². The van der Waals surface area contributed by atoms with E-state index in [2.05, 4.69) is 30.5 Å². The molecular formula is C17H22N2O2S. The second kappa shape index (κ2) is 6.48. The second-order valence-corrected chi connectivity index (χ2v) is 8.13. The Balaban J connectivity index is 2.13. The maximum atomic E-state index is 12.3. The van der Waals surface area contributed by atoms with Crippen LogP contribution in [0.4, 0.5) is 5.69 Å². The Hall–Kier alpha value is -1.88. The van der Waals surface area contributed by atoms with Gasteiger partial charge >= 0.3 is 0 Å². The summed E-state index contributed by atoms with van der Waals surface area (Å²) in [4.78, 5) is 4.15. The average molecular weight is 318 g/mol. The molecule has 0 radical (unpaired) electrons. The lowest BCUT2D eigenvalue weighted by atomic mass is 9.86. The molecule has 0 spiro atoms. The molecule has 0 unspecified atom stereocenters. The summed E-state index contributed by atoms with van der Waals surface area (Å²) in [5, 5.41) is 0. The first kappa shape index (κ1) is 16.5. The van der Waals surface area contributed by atoms with Crippen LogP contribution in [0.3, 0.4) is 0 Å².